The Kier molecular flexibility index (Phi) is 1.85. The van der Waals surface area contributed by atoms with Gasteiger partial charge >= 0.3 is 5.69 Å². The Morgan fingerprint density at radius 2 is 2.21 bits per heavy atom. The standard InChI is InChI=1S/C8H4FNO3S/c9-5-1-2-6-4(3-7(11)14-6)8(5)10(12)13/h1-3,11H. The average Bonchev–Trinajstić information content (AvgIpc) is 2.43. The second-order valence-corrected chi connectivity index (χ2v) is 3.71. The van der Waals surface area contributed by atoms with E-state index in [9.17, 15) is 14.5 Å². The van der Waals surface area contributed by atoms with Gasteiger partial charge in [0.25, 0.3) is 0 Å². The first-order valence-electron chi connectivity index (χ1n) is 3.65. The summed E-state index contributed by atoms with van der Waals surface area (Å²) in [5.41, 5.74) is -0.584. The molecule has 0 radical (unpaired) electrons. The van der Waals surface area contributed by atoms with Gasteiger partial charge in [0.2, 0.25) is 5.82 Å². The summed E-state index contributed by atoms with van der Waals surface area (Å²) in [7, 11) is 0. The van der Waals surface area contributed by atoms with Crippen LogP contribution in [0.1, 0.15) is 0 Å². The molecule has 1 aromatic heterocycles. The molecule has 1 aromatic carbocycles. The van der Waals surface area contributed by atoms with E-state index in [0.29, 0.717) is 4.70 Å². The normalized spacial score (nSPS) is 10.6. The van der Waals surface area contributed by atoms with Gasteiger partial charge in [0.05, 0.1) is 10.3 Å². The summed E-state index contributed by atoms with van der Waals surface area (Å²) < 4.78 is 13.6. The molecule has 0 aliphatic carbocycles. The molecule has 0 saturated carbocycles. The predicted molar refractivity (Wildman–Crippen MR) is 50.1 cm³/mol. The van der Waals surface area contributed by atoms with Crippen LogP contribution in [0.3, 0.4) is 0 Å². The predicted octanol–water partition coefficient (Wildman–Crippen LogP) is 2.65. The molecule has 0 spiro atoms. The summed E-state index contributed by atoms with van der Waals surface area (Å²) in [6.07, 6.45) is 0. The van der Waals surface area contributed by atoms with Gasteiger partial charge in [-0.3, -0.25) is 10.1 Å². The van der Waals surface area contributed by atoms with Gasteiger partial charge in [-0.15, -0.1) is 0 Å². The number of rotatable bonds is 1. The highest BCUT2D eigenvalue weighted by Gasteiger charge is 2.20. The van der Waals surface area contributed by atoms with Crippen LogP contribution in [0.25, 0.3) is 10.1 Å². The number of benzene rings is 1. The van der Waals surface area contributed by atoms with Gasteiger partial charge in [-0.05, 0) is 12.1 Å². The Balaban J connectivity index is 2.88. The quantitative estimate of drug-likeness (QED) is 0.585. The van der Waals surface area contributed by atoms with Gasteiger partial charge in [-0.2, -0.15) is 4.39 Å². The maximum absolute atomic E-state index is 13.1. The molecule has 72 valence electrons. The Morgan fingerprint density at radius 3 is 2.86 bits per heavy atom. The van der Waals surface area contributed by atoms with E-state index in [1.54, 1.807) is 0 Å². The molecular weight excluding hydrogens is 209 g/mol. The SMILES string of the molecule is O=[N+]([O-])c1c(F)ccc2sc(O)cc12. The van der Waals surface area contributed by atoms with Crippen molar-refractivity contribution < 1.29 is 14.4 Å². The van der Waals surface area contributed by atoms with Gasteiger partial charge in [0.1, 0.15) is 0 Å². The minimum atomic E-state index is -0.889. The van der Waals surface area contributed by atoms with Crippen LogP contribution in [0, 0.1) is 15.9 Å². The van der Waals surface area contributed by atoms with Gasteiger partial charge in [-0.25, -0.2) is 0 Å². The zero-order valence-electron chi connectivity index (χ0n) is 6.73. The van der Waals surface area contributed by atoms with Crippen LogP contribution in [-0.2, 0) is 0 Å². The van der Waals surface area contributed by atoms with E-state index in [1.165, 1.54) is 12.1 Å². The van der Waals surface area contributed by atoms with Crippen LogP contribution < -0.4 is 0 Å². The van der Waals surface area contributed by atoms with E-state index in [-0.39, 0.29) is 10.4 Å². The summed E-state index contributed by atoms with van der Waals surface area (Å²) in [4.78, 5) is 9.75. The van der Waals surface area contributed by atoms with Crippen molar-refractivity contribution in [3.63, 3.8) is 0 Å². The van der Waals surface area contributed by atoms with Crippen LogP contribution in [-0.4, -0.2) is 10.0 Å². The van der Waals surface area contributed by atoms with Crippen molar-refractivity contribution in [2.45, 2.75) is 0 Å². The van der Waals surface area contributed by atoms with Crippen molar-refractivity contribution in [2.75, 3.05) is 0 Å². The third kappa shape index (κ3) is 1.20. The van der Waals surface area contributed by atoms with Gasteiger partial charge < -0.3 is 5.11 Å². The fourth-order valence-electron chi connectivity index (χ4n) is 1.24. The average molecular weight is 213 g/mol. The topological polar surface area (TPSA) is 63.4 Å². The number of nitro groups is 1. The maximum Gasteiger partial charge on any atom is 0.313 e. The first-order valence-corrected chi connectivity index (χ1v) is 4.46. The molecule has 1 N–H and O–H groups in total. The number of halogens is 1. The molecule has 0 saturated heterocycles. The molecule has 6 heteroatoms. The molecule has 0 aliphatic rings. The minimum absolute atomic E-state index is 0.0614. The first-order chi connectivity index (χ1) is 6.59. The smallest absolute Gasteiger partial charge is 0.313 e. The van der Waals surface area contributed by atoms with Crippen molar-refractivity contribution in [1.82, 2.24) is 0 Å². The Morgan fingerprint density at radius 1 is 1.50 bits per heavy atom. The largest absolute Gasteiger partial charge is 0.499 e. The molecule has 0 unspecified atom stereocenters. The van der Waals surface area contributed by atoms with Crippen LogP contribution >= 0.6 is 11.3 Å². The molecule has 0 bridgehead atoms. The number of nitro benzene ring substituents is 1. The molecule has 14 heavy (non-hydrogen) atoms. The molecule has 4 nitrogen and oxygen atoms in total. The zero-order valence-corrected chi connectivity index (χ0v) is 7.55. The van der Waals surface area contributed by atoms with Gasteiger partial charge in [-0.1, -0.05) is 11.3 Å². The lowest BCUT2D eigenvalue weighted by molar-refractivity contribution is -0.385. The van der Waals surface area contributed by atoms with Gasteiger partial charge in [0, 0.05) is 10.8 Å². The number of aromatic hydroxyl groups is 1. The van der Waals surface area contributed by atoms with E-state index in [1.807, 2.05) is 0 Å². The van der Waals surface area contributed by atoms with E-state index < -0.39 is 16.4 Å². The fraction of sp³-hybridized carbons (Fsp3) is 0. The number of thiophene rings is 1. The second-order valence-electron chi connectivity index (χ2n) is 2.65. The number of fused-ring (bicyclic) bond motifs is 1. The summed E-state index contributed by atoms with van der Waals surface area (Å²) >= 11 is 0.977. The molecule has 0 aliphatic heterocycles. The summed E-state index contributed by atoms with van der Waals surface area (Å²) in [6.45, 7) is 0. The highest BCUT2D eigenvalue weighted by molar-refractivity contribution is 7.20. The van der Waals surface area contributed by atoms with E-state index >= 15 is 0 Å². The number of hydrogen-bond acceptors (Lipinski definition) is 4. The Hall–Kier alpha value is -1.69. The third-order valence-electron chi connectivity index (χ3n) is 1.79. The minimum Gasteiger partial charge on any atom is -0.499 e. The lowest BCUT2D eigenvalue weighted by atomic mass is 10.2. The van der Waals surface area contributed by atoms with Crippen molar-refractivity contribution in [1.29, 1.82) is 0 Å². The molecule has 1 heterocycles. The molecule has 0 fully saturated rings. The number of hydrogen-bond donors (Lipinski definition) is 1. The highest BCUT2D eigenvalue weighted by Crippen LogP contribution is 2.37. The Labute approximate surface area is 81.4 Å². The second kappa shape index (κ2) is 2.91. The van der Waals surface area contributed by atoms with Crippen LogP contribution in [0.4, 0.5) is 10.1 Å². The maximum atomic E-state index is 13.1. The van der Waals surface area contributed by atoms with Crippen LogP contribution in [0.2, 0.25) is 0 Å². The molecule has 2 aromatic rings. The van der Waals surface area contributed by atoms with Crippen molar-refractivity contribution in [3.05, 3.63) is 34.1 Å². The Bertz CT molecular complexity index is 523. The van der Waals surface area contributed by atoms with E-state index in [0.717, 1.165) is 17.4 Å². The monoisotopic (exact) mass is 213 g/mol. The lowest BCUT2D eigenvalue weighted by Gasteiger charge is -1.94. The van der Waals surface area contributed by atoms with Crippen LogP contribution in [0.5, 0.6) is 5.06 Å². The lowest BCUT2D eigenvalue weighted by Crippen LogP contribution is -1.92. The van der Waals surface area contributed by atoms with Crippen molar-refractivity contribution in [2.24, 2.45) is 0 Å². The van der Waals surface area contributed by atoms with E-state index in [2.05, 4.69) is 0 Å². The highest BCUT2D eigenvalue weighted by atomic mass is 32.1. The van der Waals surface area contributed by atoms with Crippen molar-refractivity contribution >= 4 is 27.1 Å². The molecular formula is C8H4FNO3S. The summed E-state index contributed by atoms with van der Waals surface area (Å²) in [5.74, 6) is -0.889. The van der Waals surface area contributed by atoms with Gasteiger partial charge in [0.15, 0.2) is 5.06 Å². The molecule has 0 atom stereocenters. The van der Waals surface area contributed by atoms with Crippen molar-refractivity contribution in [3.8, 4) is 5.06 Å². The zero-order chi connectivity index (χ0) is 10.3. The molecule has 0 amide bonds. The third-order valence-corrected chi connectivity index (χ3v) is 2.70. The van der Waals surface area contributed by atoms with Crippen LogP contribution in [0.15, 0.2) is 18.2 Å². The molecule has 2 rings (SSSR count). The van der Waals surface area contributed by atoms with E-state index in [4.69, 9.17) is 5.11 Å². The number of nitrogens with zero attached hydrogens (tertiary/aromatic N) is 1. The first kappa shape index (κ1) is 8.89. The summed E-state index contributed by atoms with van der Waals surface area (Å²) in [6, 6.07) is 3.62. The fourth-order valence-corrected chi connectivity index (χ4v) is 2.05. The summed E-state index contributed by atoms with van der Waals surface area (Å²) in [5, 5.41) is 19.7.